The van der Waals surface area contributed by atoms with E-state index in [0.717, 1.165) is 44.0 Å². The van der Waals surface area contributed by atoms with E-state index in [2.05, 4.69) is 38.0 Å². The molecule has 0 N–H and O–H groups in total. The maximum absolute atomic E-state index is 12.9. The lowest BCUT2D eigenvalue weighted by atomic mass is 10.1. The lowest BCUT2D eigenvalue weighted by Gasteiger charge is -2.22. The zero-order valence-electron chi connectivity index (χ0n) is 15.0. The van der Waals surface area contributed by atoms with E-state index in [4.69, 9.17) is 0 Å². The zero-order valence-corrected chi connectivity index (χ0v) is 15.0. The number of aromatic nitrogens is 3. The van der Waals surface area contributed by atoms with Gasteiger partial charge in [0.25, 0.3) is 0 Å². The Balaban J connectivity index is 1.45. The first kappa shape index (κ1) is 16.6. The van der Waals surface area contributed by atoms with Crippen LogP contribution in [-0.2, 0) is 18.3 Å². The predicted molar refractivity (Wildman–Crippen MR) is 102 cm³/mol. The quantitative estimate of drug-likeness (QED) is 0.728. The number of rotatable bonds is 3. The highest BCUT2D eigenvalue weighted by molar-refractivity contribution is 5.89. The van der Waals surface area contributed by atoms with Gasteiger partial charge in [0.15, 0.2) is 5.82 Å². The number of anilines is 1. The van der Waals surface area contributed by atoms with E-state index in [1.165, 1.54) is 10.9 Å². The first-order valence-corrected chi connectivity index (χ1v) is 9.06. The zero-order chi connectivity index (χ0) is 17.9. The Morgan fingerprint density at radius 3 is 2.81 bits per heavy atom. The van der Waals surface area contributed by atoms with Gasteiger partial charge in [0, 0.05) is 56.5 Å². The largest absolute Gasteiger partial charge is 0.353 e. The van der Waals surface area contributed by atoms with Crippen LogP contribution in [0.25, 0.3) is 10.9 Å². The van der Waals surface area contributed by atoms with Crippen molar-refractivity contribution in [1.82, 2.24) is 19.7 Å². The lowest BCUT2D eigenvalue weighted by Crippen LogP contribution is -2.36. The van der Waals surface area contributed by atoms with Crippen LogP contribution < -0.4 is 4.90 Å². The molecule has 3 heterocycles. The summed E-state index contributed by atoms with van der Waals surface area (Å²) in [5.74, 6) is 1.08. The van der Waals surface area contributed by atoms with Gasteiger partial charge in [0.05, 0.1) is 6.42 Å². The lowest BCUT2D eigenvalue weighted by molar-refractivity contribution is -0.130. The second kappa shape index (κ2) is 7.15. The van der Waals surface area contributed by atoms with Crippen LogP contribution in [0.5, 0.6) is 0 Å². The summed E-state index contributed by atoms with van der Waals surface area (Å²) >= 11 is 0. The molecule has 1 fully saturated rings. The summed E-state index contributed by atoms with van der Waals surface area (Å²) in [4.78, 5) is 17.1. The average molecular weight is 349 g/mol. The smallest absolute Gasteiger partial charge is 0.227 e. The predicted octanol–water partition coefficient (Wildman–Crippen LogP) is 2.25. The number of para-hydroxylation sites is 1. The fourth-order valence-electron chi connectivity index (χ4n) is 3.70. The summed E-state index contributed by atoms with van der Waals surface area (Å²) in [5.41, 5.74) is 2.27. The van der Waals surface area contributed by atoms with Gasteiger partial charge in [0.2, 0.25) is 5.91 Å². The molecule has 0 radical (unpaired) electrons. The molecule has 2 aromatic heterocycles. The highest BCUT2D eigenvalue weighted by Crippen LogP contribution is 2.21. The van der Waals surface area contributed by atoms with Gasteiger partial charge in [-0.3, -0.25) is 4.79 Å². The molecule has 0 unspecified atom stereocenters. The Hall–Kier alpha value is -2.89. The normalized spacial score (nSPS) is 15.3. The van der Waals surface area contributed by atoms with Crippen LogP contribution in [0, 0.1) is 0 Å². The molecule has 0 spiro atoms. The van der Waals surface area contributed by atoms with Crippen LogP contribution in [0.1, 0.15) is 12.0 Å². The molecule has 1 aliphatic rings. The third kappa shape index (κ3) is 3.27. The van der Waals surface area contributed by atoms with Crippen LogP contribution in [0.4, 0.5) is 5.82 Å². The highest BCUT2D eigenvalue weighted by atomic mass is 16.2. The molecule has 6 nitrogen and oxygen atoms in total. The molecule has 1 aromatic carbocycles. The number of nitrogens with zero attached hydrogens (tertiary/aromatic N) is 5. The van der Waals surface area contributed by atoms with E-state index in [1.807, 2.05) is 36.2 Å². The number of amides is 1. The van der Waals surface area contributed by atoms with Gasteiger partial charge in [-0.05, 0) is 30.2 Å². The number of carbonyl (C=O) groups excluding carboxylic acids is 1. The minimum Gasteiger partial charge on any atom is -0.353 e. The Morgan fingerprint density at radius 2 is 1.96 bits per heavy atom. The van der Waals surface area contributed by atoms with Crippen LogP contribution in [0.2, 0.25) is 0 Å². The second-order valence-corrected chi connectivity index (χ2v) is 6.76. The van der Waals surface area contributed by atoms with Crippen LogP contribution >= 0.6 is 0 Å². The Morgan fingerprint density at radius 1 is 1.08 bits per heavy atom. The van der Waals surface area contributed by atoms with Crippen molar-refractivity contribution in [3.8, 4) is 0 Å². The maximum atomic E-state index is 12.9. The van der Waals surface area contributed by atoms with E-state index in [0.29, 0.717) is 6.42 Å². The molecular formula is C20H23N5O. The third-order valence-corrected chi connectivity index (χ3v) is 5.05. The van der Waals surface area contributed by atoms with Gasteiger partial charge >= 0.3 is 0 Å². The number of hydrogen-bond donors (Lipinski definition) is 0. The Labute approximate surface area is 153 Å². The molecule has 134 valence electrons. The monoisotopic (exact) mass is 349 g/mol. The molecule has 1 saturated heterocycles. The summed E-state index contributed by atoms with van der Waals surface area (Å²) in [6, 6.07) is 12.1. The van der Waals surface area contributed by atoms with Crippen molar-refractivity contribution in [3.05, 3.63) is 54.4 Å². The fourth-order valence-corrected chi connectivity index (χ4v) is 3.70. The Kier molecular flexibility index (Phi) is 4.56. The van der Waals surface area contributed by atoms with Gasteiger partial charge in [-0.1, -0.05) is 18.2 Å². The molecule has 0 bridgehead atoms. The van der Waals surface area contributed by atoms with Crippen LogP contribution in [0.3, 0.4) is 0 Å². The van der Waals surface area contributed by atoms with Crippen molar-refractivity contribution < 1.29 is 4.79 Å². The maximum Gasteiger partial charge on any atom is 0.227 e. The molecule has 26 heavy (non-hydrogen) atoms. The SMILES string of the molecule is Cn1cc(CC(=O)N2CCCN(c3cccnn3)CC2)c2ccccc21. The number of fused-ring (bicyclic) bond motifs is 1. The molecule has 4 rings (SSSR count). The van der Waals surface area contributed by atoms with Crippen LogP contribution in [-0.4, -0.2) is 51.8 Å². The van der Waals surface area contributed by atoms with Gasteiger partial charge < -0.3 is 14.4 Å². The van der Waals surface area contributed by atoms with E-state index in [1.54, 1.807) is 6.20 Å². The van der Waals surface area contributed by atoms with Crippen molar-refractivity contribution in [2.24, 2.45) is 7.05 Å². The van der Waals surface area contributed by atoms with E-state index < -0.39 is 0 Å². The fraction of sp³-hybridized carbons (Fsp3) is 0.350. The molecule has 1 amide bonds. The Bertz CT molecular complexity index is 905. The number of carbonyl (C=O) groups is 1. The molecule has 3 aromatic rings. The molecule has 0 saturated carbocycles. The number of aryl methyl sites for hydroxylation is 1. The topological polar surface area (TPSA) is 54.3 Å². The van der Waals surface area contributed by atoms with Crippen molar-refractivity contribution in [3.63, 3.8) is 0 Å². The minimum absolute atomic E-state index is 0.197. The van der Waals surface area contributed by atoms with Gasteiger partial charge in [-0.15, -0.1) is 5.10 Å². The summed E-state index contributed by atoms with van der Waals surface area (Å²) in [5, 5.41) is 9.31. The van der Waals surface area contributed by atoms with Crippen molar-refractivity contribution in [2.45, 2.75) is 12.8 Å². The summed E-state index contributed by atoms with van der Waals surface area (Å²) in [7, 11) is 2.03. The molecule has 0 atom stereocenters. The van der Waals surface area contributed by atoms with Gasteiger partial charge in [0.1, 0.15) is 0 Å². The highest BCUT2D eigenvalue weighted by Gasteiger charge is 2.21. The van der Waals surface area contributed by atoms with Crippen molar-refractivity contribution in [2.75, 3.05) is 31.1 Å². The summed E-state index contributed by atoms with van der Waals surface area (Å²) in [6.45, 7) is 3.21. The number of benzene rings is 1. The molecule has 0 aliphatic carbocycles. The standard InChI is InChI=1S/C20H23N5O/c1-23-15-16(17-6-2-3-7-18(17)23)14-20(26)25-11-5-10-24(12-13-25)19-8-4-9-21-22-19/h2-4,6-9,15H,5,10-14H2,1H3. The first-order valence-electron chi connectivity index (χ1n) is 9.06. The van der Waals surface area contributed by atoms with Crippen molar-refractivity contribution in [1.29, 1.82) is 0 Å². The third-order valence-electron chi connectivity index (χ3n) is 5.05. The van der Waals surface area contributed by atoms with E-state index in [9.17, 15) is 4.79 Å². The van der Waals surface area contributed by atoms with E-state index >= 15 is 0 Å². The van der Waals surface area contributed by atoms with Gasteiger partial charge in [-0.25, -0.2) is 0 Å². The average Bonchev–Trinajstić information content (AvgIpc) is 2.86. The first-order chi connectivity index (χ1) is 12.7. The van der Waals surface area contributed by atoms with Crippen molar-refractivity contribution >= 4 is 22.6 Å². The summed E-state index contributed by atoms with van der Waals surface area (Å²) in [6.07, 6.45) is 5.15. The number of hydrogen-bond acceptors (Lipinski definition) is 4. The minimum atomic E-state index is 0.197. The van der Waals surface area contributed by atoms with E-state index in [-0.39, 0.29) is 5.91 Å². The molecule has 1 aliphatic heterocycles. The summed E-state index contributed by atoms with van der Waals surface area (Å²) < 4.78 is 2.09. The van der Waals surface area contributed by atoms with Gasteiger partial charge in [-0.2, -0.15) is 5.10 Å². The molecule has 6 heteroatoms. The second-order valence-electron chi connectivity index (χ2n) is 6.76. The van der Waals surface area contributed by atoms with Crippen LogP contribution in [0.15, 0.2) is 48.8 Å². The molecular weight excluding hydrogens is 326 g/mol.